The lowest BCUT2D eigenvalue weighted by Crippen LogP contribution is -1.93. The summed E-state index contributed by atoms with van der Waals surface area (Å²) >= 11 is 0. The molecule has 3 aromatic heterocycles. The molecule has 0 N–H and O–H groups in total. The SMILES string of the molecule is c1ccc2c(c1)ccc1ccc3c(c4cccnc4n4cc5ccccc5c34)c12. The van der Waals surface area contributed by atoms with Crippen molar-refractivity contribution in [2.45, 2.75) is 0 Å². The smallest absolute Gasteiger partial charge is 0.145 e. The van der Waals surface area contributed by atoms with Gasteiger partial charge in [-0.05, 0) is 33.7 Å². The minimum absolute atomic E-state index is 1.01. The fraction of sp³-hybridized carbons (Fsp3) is 0. The van der Waals surface area contributed by atoms with Crippen LogP contribution in [0.5, 0.6) is 0 Å². The molecule has 0 bridgehead atoms. The molecule has 29 heavy (non-hydrogen) atoms. The molecule has 2 heteroatoms. The Morgan fingerprint density at radius 3 is 2.17 bits per heavy atom. The molecule has 0 spiro atoms. The third-order valence-corrected chi connectivity index (χ3v) is 6.17. The first-order chi connectivity index (χ1) is 14.4. The molecule has 0 saturated heterocycles. The van der Waals surface area contributed by atoms with Crippen molar-refractivity contribution in [2.75, 3.05) is 0 Å². The van der Waals surface area contributed by atoms with E-state index in [1.54, 1.807) is 0 Å². The van der Waals surface area contributed by atoms with Gasteiger partial charge in [0.15, 0.2) is 0 Å². The molecule has 7 aromatic rings. The zero-order chi connectivity index (χ0) is 18.9. The van der Waals surface area contributed by atoms with Gasteiger partial charge in [0.1, 0.15) is 5.65 Å². The normalized spacial score (nSPS) is 12.1. The van der Waals surface area contributed by atoms with E-state index in [0.717, 1.165) is 5.65 Å². The highest BCUT2D eigenvalue weighted by atomic mass is 15.0. The number of hydrogen-bond acceptors (Lipinski definition) is 1. The maximum Gasteiger partial charge on any atom is 0.145 e. The van der Waals surface area contributed by atoms with Crippen LogP contribution in [0.1, 0.15) is 0 Å². The molecule has 0 aliphatic heterocycles. The first-order valence-corrected chi connectivity index (χ1v) is 9.91. The maximum absolute atomic E-state index is 4.80. The molecule has 0 unspecified atom stereocenters. The zero-order valence-electron chi connectivity index (χ0n) is 15.6. The number of nitrogens with zero attached hydrogens (tertiary/aromatic N) is 2. The van der Waals surface area contributed by atoms with Crippen molar-refractivity contribution in [3.8, 4) is 0 Å². The van der Waals surface area contributed by atoms with Crippen molar-refractivity contribution >= 4 is 59.6 Å². The zero-order valence-corrected chi connectivity index (χ0v) is 15.6. The first kappa shape index (κ1) is 15.1. The monoisotopic (exact) mass is 368 g/mol. The summed E-state index contributed by atoms with van der Waals surface area (Å²) in [4.78, 5) is 4.80. The molecule has 0 aliphatic carbocycles. The predicted molar refractivity (Wildman–Crippen MR) is 123 cm³/mol. The third-order valence-electron chi connectivity index (χ3n) is 6.17. The van der Waals surface area contributed by atoms with E-state index in [-0.39, 0.29) is 0 Å². The van der Waals surface area contributed by atoms with Gasteiger partial charge in [-0.3, -0.25) is 4.40 Å². The van der Waals surface area contributed by atoms with Crippen LogP contribution in [0.25, 0.3) is 59.6 Å². The Labute approximate surface area is 166 Å². The molecule has 2 nitrogen and oxygen atoms in total. The molecule has 4 aromatic carbocycles. The second-order valence-electron chi connectivity index (χ2n) is 7.68. The quantitative estimate of drug-likeness (QED) is 0.261. The Morgan fingerprint density at radius 1 is 0.517 bits per heavy atom. The van der Waals surface area contributed by atoms with Gasteiger partial charge in [-0.2, -0.15) is 0 Å². The molecule has 0 amide bonds. The number of rotatable bonds is 0. The van der Waals surface area contributed by atoms with Crippen LogP contribution in [0.4, 0.5) is 0 Å². The summed E-state index contributed by atoms with van der Waals surface area (Å²) in [6, 6.07) is 30.5. The maximum atomic E-state index is 4.80. The Kier molecular flexibility index (Phi) is 2.77. The van der Waals surface area contributed by atoms with E-state index in [0.29, 0.717) is 0 Å². The Balaban J connectivity index is 1.92. The van der Waals surface area contributed by atoms with Gasteiger partial charge in [-0.25, -0.2) is 4.98 Å². The van der Waals surface area contributed by atoms with Crippen LogP contribution in [0.2, 0.25) is 0 Å². The van der Waals surface area contributed by atoms with Crippen LogP contribution < -0.4 is 0 Å². The van der Waals surface area contributed by atoms with Gasteiger partial charge in [0, 0.05) is 39.3 Å². The highest BCUT2D eigenvalue weighted by Gasteiger charge is 2.16. The number of hydrogen-bond donors (Lipinski definition) is 0. The molecular formula is C27H16N2. The summed E-state index contributed by atoms with van der Waals surface area (Å²) in [6.45, 7) is 0. The molecule has 7 rings (SSSR count). The van der Waals surface area contributed by atoms with E-state index in [4.69, 9.17) is 4.98 Å². The Morgan fingerprint density at radius 2 is 1.24 bits per heavy atom. The van der Waals surface area contributed by atoms with Crippen molar-refractivity contribution < 1.29 is 0 Å². The van der Waals surface area contributed by atoms with Crippen molar-refractivity contribution in [3.05, 3.63) is 97.3 Å². The van der Waals surface area contributed by atoms with Crippen LogP contribution in [0.15, 0.2) is 97.3 Å². The average molecular weight is 368 g/mol. The largest absolute Gasteiger partial charge is 0.299 e. The third kappa shape index (κ3) is 1.88. The summed E-state index contributed by atoms with van der Waals surface area (Å²) in [5.41, 5.74) is 2.24. The summed E-state index contributed by atoms with van der Waals surface area (Å²) in [5.74, 6) is 0. The topological polar surface area (TPSA) is 17.3 Å². The molecule has 0 saturated carbocycles. The van der Waals surface area contributed by atoms with E-state index in [2.05, 4.69) is 89.5 Å². The predicted octanol–water partition coefficient (Wildman–Crippen LogP) is 7.10. The summed E-state index contributed by atoms with van der Waals surface area (Å²) in [5, 5.41) is 11.4. The standard InChI is InChI=1S/C27H16N2/c1-3-8-20-17(6-1)11-12-18-13-14-22-25(24(18)20)23-10-5-15-28-27(23)29-16-19-7-2-4-9-21(19)26(22)29/h1-16H. The number of fused-ring (bicyclic) bond motifs is 12. The molecular weight excluding hydrogens is 352 g/mol. The van der Waals surface area contributed by atoms with E-state index in [1.807, 2.05) is 12.3 Å². The van der Waals surface area contributed by atoms with Gasteiger partial charge in [0.2, 0.25) is 0 Å². The minimum atomic E-state index is 1.01. The lowest BCUT2D eigenvalue weighted by Gasteiger charge is -2.13. The van der Waals surface area contributed by atoms with E-state index in [9.17, 15) is 0 Å². The Hall–Kier alpha value is -3.91. The molecule has 3 heterocycles. The van der Waals surface area contributed by atoms with E-state index >= 15 is 0 Å². The molecule has 134 valence electrons. The fourth-order valence-corrected chi connectivity index (χ4v) is 4.96. The van der Waals surface area contributed by atoms with Gasteiger partial charge in [0.25, 0.3) is 0 Å². The summed E-state index contributed by atoms with van der Waals surface area (Å²) in [7, 11) is 0. The fourth-order valence-electron chi connectivity index (χ4n) is 4.96. The van der Waals surface area contributed by atoms with Crippen LogP contribution in [0, 0.1) is 0 Å². The van der Waals surface area contributed by atoms with Crippen molar-refractivity contribution in [1.82, 2.24) is 9.38 Å². The molecule has 0 fully saturated rings. The van der Waals surface area contributed by atoms with Crippen LogP contribution in [0.3, 0.4) is 0 Å². The Bertz CT molecular complexity index is 1760. The lowest BCUT2D eigenvalue weighted by molar-refractivity contribution is 1.21. The highest BCUT2D eigenvalue weighted by Crippen LogP contribution is 2.40. The number of pyridine rings is 2. The van der Waals surface area contributed by atoms with Gasteiger partial charge in [-0.15, -0.1) is 0 Å². The van der Waals surface area contributed by atoms with Crippen molar-refractivity contribution in [2.24, 2.45) is 0 Å². The van der Waals surface area contributed by atoms with Gasteiger partial charge < -0.3 is 0 Å². The number of benzene rings is 4. The second kappa shape index (κ2) is 5.33. The van der Waals surface area contributed by atoms with E-state index < -0.39 is 0 Å². The van der Waals surface area contributed by atoms with Gasteiger partial charge >= 0.3 is 0 Å². The molecule has 0 radical (unpaired) electrons. The van der Waals surface area contributed by atoms with Crippen LogP contribution >= 0.6 is 0 Å². The second-order valence-corrected chi connectivity index (χ2v) is 7.68. The highest BCUT2D eigenvalue weighted by molar-refractivity contribution is 6.31. The van der Waals surface area contributed by atoms with Crippen LogP contribution in [-0.4, -0.2) is 9.38 Å². The first-order valence-electron chi connectivity index (χ1n) is 9.91. The van der Waals surface area contributed by atoms with Gasteiger partial charge in [-0.1, -0.05) is 72.8 Å². The molecule has 0 aliphatic rings. The van der Waals surface area contributed by atoms with Crippen LogP contribution in [-0.2, 0) is 0 Å². The van der Waals surface area contributed by atoms with Crippen molar-refractivity contribution in [3.63, 3.8) is 0 Å². The summed E-state index contributed by atoms with van der Waals surface area (Å²) < 4.78 is 2.26. The molecule has 0 atom stereocenters. The average Bonchev–Trinajstić information content (AvgIpc) is 3.18. The number of aromatic nitrogens is 2. The van der Waals surface area contributed by atoms with Crippen molar-refractivity contribution in [1.29, 1.82) is 0 Å². The summed E-state index contributed by atoms with van der Waals surface area (Å²) in [6.07, 6.45) is 4.11. The van der Waals surface area contributed by atoms with E-state index in [1.165, 1.54) is 54.0 Å². The minimum Gasteiger partial charge on any atom is -0.299 e. The van der Waals surface area contributed by atoms with Gasteiger partial charge in [0.05, 0.1) is 5.52 Å². The lowest BCUT2D eigenvalue weighted by atomic mass is 9.94.